The molecule has 2 saturated heterocycles. The Morgan fingerprint density at radius 1 is 1.10 bits per heavy atom. The molecule has 5 rings (SSSR count). The van der Waals surface area contributed by atoms with Crippen LogP contribution in [0.1, 0.15) is 10.4 Å². The van der Waals surface area contributed by atoms with Gasteiger partial charge in [-0.15, -0.1) is 0 Å². The lowest BCUT2D eigenvalue weighted by Gasteiger charge is -2.31. The highest BCUT2D eigenvalue weighted by atomic mass is 16.5. The highest BCUT2D eigenvalue weighted by Crippen LogP contribution is 2.34. The van der Waals surface area contributed by atoms with Crippen molar-refractivity contribution in [2.24, 2.45) is 7.05 Å². The Labute approximate surface area is 174 Å². The molecule has 1 aromatic heterocycles. The third-order valence-corrected chi connectivity index (χ3v) is 6.14. The van der Waals surface area contributed by atoms with E-state index in [0.29, 0.717) is 50.7 Å². The molecule has 2 fully saturated rings. The van der Waals surface area contributed by atoms with Crippen LogP contribution in [0, 0.1) is 0 Å². The Morgan fingerprint density at radius 3 is 2.63 bits per heavy atom. The fraction of sp³-hybridized carbons (Fsp3) is 0.476. The molecule has 9 heteroatoms. The average Bonchev–Trinajstić information content (AvgIpc) is 3.37. The van der Waals surface area contributed by atoms with E-state index in [0.717, 1.165) is 11.1 Å². The lowest BCUT2D eigenvalue weighted by Crippen LogP contribution is -2.48. The third kappa shape index (κ3) is 3.19. The van der Waals surface area contributed by atoms with E-state index in [1.165, 1.54) is 0 Å². The maximum atomic E-state index is 13.1. The van der Waals surface area contributed by atoms with Crippen LogP contribution in [0.4, 0.5) is 4.79 Å². The van der Waals surface area contributed by atoms with Crippen LogP contribution < -0.4 is 4.74 Å². The number of likely N-dealkylation sites (tertiary alicyclic amines) is 1. The van der Waals surface area contributed by atoms with Gasteiger partial charge in [0.05, 0.1) is 37.6 Å². The summed E-state index contributed by atoms with van der Waals surface area (Å²) in [5, 5.41) is 4.22. The van der Waals surface area contributed by atoms with Crippen LogP contribution in [-0.4, -0.2) is 95.0 Å². The first-order valence-electron chi connectivity index (χ1n) is 10.2. The molecule has 1 aromatic carbocycles. The van der Waals surface area contributed by atoms with E-state index in [-0.39, 0.29) is 24.1 Å². The van der Waals surface area contributed by atoms with Crippen molar-refractivity contribution in [3.63, 3.8) is 0 Å². The van der Waals surface area contributed by atoms with Gasteiger partial charge in [-0.2, -0.15) is 5.10 Å². The first kappa shape index (κ1) is 18.9. The Kier molecular flexibility index (Phi) is 4.62. The second-order valence-electron chi connectivity index (χ2n) is 8.04. The molecule has 3 amide bonds. The van der Waals surface area contributed by atoms with Crippen molar-refractivity contribution in [2.45, 2.75) is 12.1 Å². The molecule has 2 aromatic rings. The molecule has 0 aliphatic carbocycles. The topological polar surface area (TPSA) is 80.1 Å². The quantitative estimate of drug-likeness (QED) is 0.701. The van der Waals surface area contributed by atoms with Crippen LogP contribution in [0.5, 0.6) is 5.75 Å². The fourth-order valence-corrected chi connectivity index (χ4v) is 4.41. The zero-order chi connectivity index (χ0) is 20.8. The number of aryl methyl sites for hydroxylation is 1. The van der Waals surface area contributed by atoms with Gasteiger partial charge in [0, 0.05) is 45.5 Å². The van der Waals surface area contributed by atoms with Crippen molar-refractivity contribution in [3.05, 3.63) is 36.2 Å². The fourth-order valence-electron chi connectivity index (χ4n) is 4.41. The molecule has 0 unspecified atom stereocenters. The summed E-state index contributed by atoms with van der Waals surface area (Å²) in [5.41, 5.74) is 2.45. The highest BCUT2D eigenvalue weighted by Gasteiger charge is 2.44. The number of fused-ring (bicyclic) bond motifs is 2. The maximum Gasteiger partial charge on any atom is 0.320 e. The van der Waals surface area contributed by atoms with Crippen LogP contribution in [0.2, 0.25) is 0 Å². The molecule has 0 bridgehead atoms. The zero-order valence-corrected chi connectivity index (χ0v) is 17.2. The number of likely N-dealkylation sites (N-methyl/N-ethyl adjacent to an activating group) is 1. The normalized spacial score (nSPS) is 23.7. The molecule has 0 spiro atoms. The molecule has 2 atom stereocenters. The van der Waals surface area contributed by atoms with E-state index in [4.69, 9.17) is 9.47 Å². The second kappa shape index (κ2) is 7.32. The molecule has 3 aliphatic heterocycles. The number of aromatic nitrogens is 2. The summed E-state index contributed by atoms with van der Waals surface area (Å²) in [5.74, 6) is 0.470. The predicted molar refractivity (Wildman–Crippen MR) is 108 cm³/mol. The van der Waals surface area contributed by atoms with Crippen LogP contribution in [0.15, 0.2) is 30.6 Å². The highest BCUT2D eigenvalue weighted by molar-refractivity contribution is 5.98. The van der Waals surface area contributed by atoms with E-state index in [1.807, 2.05) is 36.3 Å². The standard InChI is InChI=1S/C21H25N5O4/c1-23-11-15(10-22-23)14-3-4-16-18(9-14)30-19-13-26(12-17(19)24(2)20(16)27)21(28)25-5-7-29-8-6-25/h3-4,9-11,17,19H,5-8,12-13H2,1-2H3/t17-,19+/m1/s1. The number of carbonyl (C=O) groups excluding carboxylic acids is 2. The largest absolute Gasteiger partial charge is 0.485 e. The van der Waals surface area contributed by atoms with Crippen molar-refractivity contribution in [1.82, 2.24) is 24.5 Å². The van der Waals surface area contributed by atoms with E-state index >= 15 is 0 Å². The number of urea groups is 1. The van der Waals surface area contributed by atoms with Gasteiger partial charge in [0.15, 0.2) is 0 Å². The van der Waals surface area contributed by atoms with Gasteiger partial charge in [-0.1, -0.05) is 6.07 Å². The minimum Gasteiger partial charge on any atom is -0.485 e. The van der Waals surface area contributed by atoms with Crippen molar-refractivity contribution in [3.8, 4) is 16.9 Å². The summed E-state index contributed by atoms with van der Waals surface area (Å²) < 4.78 is 13.4. The summed E-state index contributed by atoms with van der Waals surface area (Å²) in [7, 11) is 3.65. The monoisotopic (exact) mass is 411 g/mol. The summed E-state index contributed by atoms with van der Waals surface area (Å²) in [4.78, 5) is 31.4. The van der Waals surface area contributed by atoms with Crippen molar-refractivity contribution in [1.29, 1.82) is 0 Å². The molecule has 158 valence electrons. The third-order valence-electron chi connectivity index (χ3n) is 6.14. The van der Waals surface area contributed by atoms with Crippen molar-refractivity contribution >= 4 is 11.9 Å². The number of rotatable bonds is 1. The van der Waals surface area contributed by atoms with Crippen LogP contribution in [0.25, 0.3) is 11.1 Å². The molecule has 4 heterocycles. The minimum atomic E-state index is -0.269. The van der Waals surface area contributed by atoms with E-state index < -0.39 is 0 Å². The van der Waals surface area contributed by atoms with Gasteiger partial charge in [-0.05, 0) is 17.7 Å². The summed E-state index contributed by atoms with van der Waals surface area (Å²) >= 11 is 0. The Morgan fingerprint density at radius 2 is 1.90 bits per heavy atom. The van der Waals surface area contributed by atoms with E-state index in [9.17, 15) is 9.59 Å². The number of benzene rings is 1. The molecule has 3 aliphatic rings. The zero-order valence-electron chi connectivity index (χ0n) is 17.2. The van der Waals surface area contributed by atoms with Gasteiger partial charge in [0.1, 0.15) is 11.9 Å². The number of ether oxygens (including phenoxy) is 2. The first-order valence-corrected chi connectivity index (χ1v) is 10.2. The smallest absolute Gasteiger partial charge is 0.320 e. The summed E-state index contributed by atoms with van der Waals surface area (Å²) in [6, 6.07) is 5.43. The lowest BCUT2D eigenvalue weighted by atomic mass is 10.1. The first-order chi connectivity index (χ1) is 14.5. The summed E-state index contributed by atoms with van der Waals surface area (Å²) in [6.45, 7) is 3.23. The Bertz CT molecular complexity index is 984. The van der Waals surface area contributed by atoms with Crippen LogP contribution in [-0.2, 0) is 11.8 Å². The number of morpholine rings is 1. The van der Waals surface area contributed by atoms with Crippen LogP contribution in [0.3, 0.4) is 0 Å². The van der Waals surface area contributed by atoms with Crippen molar-refractivity contribution in [2.75, 3.05) is 46.4 Å². The number of amides is 3. The Hall–Kier alpha value is -3.07. The number of carbonyl (C=O) groups is 2. The number of hydrogen-bond acceptors (Lipinski definition) is 5. The minimum absolute atomic E-state index is 0.0137. The van der Waals surface area contributed by atoms with Crippen LogP contribution >= 0.6 is 0 Å². The van der Waals surface area contributed by atoms with Gasteiger partial charge >= 0.3 is 6.03 Å². The van der Waals surface area contributed by atoms with Gasteiger partial charge in [-0.3, -0.25) is 9.48 Å². The molecular weight excluding hydrogens is 386 g/mol. The summed E-state index contributed by atoms with van der Waals surface area (Å²) in [6.07, 6.45) is 3.44. The number of nitrogens with zero attached hydrogens (tertiary/aromatic N) is 5. The van der Waals surface area contributed by atoms with Crippen molar-refractivity contribution < 1.29 is 19.1 Å². The van der Waals surface area contributed by atoms with E-state index in [1.54, 1.807) is 27.7 Å². The molecule has 0 radical (unpaired) electrons. The molecule has 0 saturated carbocycles. The average molecular weight is 411 g/mol. The number of hydrogen-bond donors (Lipinski definition) is 0. The lowest BCUT2D eigenvalue weighted by molar-refractivity contribution is 0.0441. The predicted octanol–water partition coefficient (Wildman–Crippen LogP) is 1.06. The molecular formula is C21H25N5O4. The van der Waals surface area contributed by atoms with Gasteiger partial charge in [0.2, 0.25) is 0 Å². The molecule has 9 nitrogen and oxygen atoms in total. The molecule has 30 heavy (non-hydrogen) atoms. The molecule has 0 N–H and O–H groups in total. The maximum absolute atomic E-state index is 13.1. The second-order valence-corrected chi connectivity index (χ2v) is 8.04. The van der Waals surface area contributed by atoms with Gasteiger partial charge < -0.3 is 24.2 Å². The Balaban J connectivity index is 1.41. The van der Waals surface area contributed by atoms with Gasteiger partial charge in [-0.25, -0.2) is 4.79 Å². The SMILES string of the molecule is CN1C(=O)c2ccc(-c3cnn(C)c3)cc2O[C@H]2CN(C(=O)N3CCOCC3)C[C@H]21. The van der Waals surface area contributed by atoms with E-state index in [2.05, 4.69) is 5.10 Å². The van der Waals surface area contributed by atoms with Gasteiger partial charge in [0.25, 0.3) is 5.91 Å².